The molecule has 2 N–H and O–H groups in total. The number of hydrogen-bond donors (Lipinski definition) is 2. The summed E-state index contributed by atoms with van der Waals surface area (Å²) >= 11 is 0. The monoisotopic (exact) mass is 458 g/mol. The van der Waals surface area contributed by atoms with Gasteiger partial charge < -0.3 is 20.3 Å². The molecule has 1 aromatic carbocycles. The van der Waals surface area contributed by atoms with Gasteiger partial charge in [-0.3, -0.25) is 0 Å². The third-order valence-corrected chi connectivity index (χ3v) is 5.08. The van der Waals surface area contributed by atoms with E-state index >= 15 is 0 Å². The van der Waals surface area contributed by atoms with E-state index in [1.54, 1.807) is 22.9 Å². The highest BCUT2D eigenvalue weighted by atomic mass is 16.5. The highest BCUT2D eigenvalue weighted by Crippen LogP contribution is 2.22. The molecule has 0 aliphatic carbocycles. The largest absolute Gasteiger partial charge is 0.378 e. The molecule has 1 aliphatic heterocycles. The van der Waals surface area contributed by atoms with Crippen LogP contribution in [0.15, 0.2) is 55.0 Å². The number of morpholine rings is 1. The Labute approximate surface area is 195 Å². The topological polar surface area (TPSA) is 136 Å². The Morgan fingerprint density at radius 2 is 1.68 bits per heavy atom. The second-order valence-electron chi connectivity index (χ2n) is 7.55. The second kappa shape index (κ2) is 9.58. The van der Waals surface area contributed by atoms with Gasteiger partial charge in [-0.05, 0) is 43.3 Å². The molecule has 0 unspecified atom stereocenters. The normalized spacial score (nSPS) is 13.5. The number of ether oxygens (including phenoxy) is 1. The van der Waals surface area contributed by atoms with E-state index in [4.69, 9.17) is 9.72 Å². The Bertz CT molecular complexity index is 1270. The van der Waals surface area contributed by atoms with Gasteiger partial charge in [-0.25, -0.2) is 9.48 Å². The molecule has 172 valence electrons. The molecule has 1 aliphatic rings. The minimum Gasteiger partial charge on any atom is -0.378 e. The molecule has 0 saturated carbocycles. The molecule has 1 fully saturated rings. The summed E-state index contributed by atoms with van der Waals surface area (Å²) in [4.78, 5) is 28.3. The van der Waals surface area contributed by atoms with Crippen LogP contribution in [0.5, 0.6) is 0 Å². The minimum absolute atomic E-state index is 0.383. The van der Waals surface area contributed by atoms with Crippen LogP contribution in [0.4, 0.5) is 22.1 Å². The van der Waals surface area contributed by atoms with E-state index in [-0.39, 0.29) is 6.03 Å². The molecule has 0 radical (unpaired) electrons. The Morgan fingerprint density at radius 1 is 0.912 bits per heavy atom. The van der Waals surface area contributed by atoms with Crippen LogP contribution in [0.3, 0.4) is 0 Å². The van der Waals surface area contributed by atoms with E-state index in [2.05, 4.69) is 40.8 Å². The molecular formula is C22H22N10O2. The van der Waals surface area contributed by atoms with Gasteiger partial charge in [0.2, 0.25) is 5.95 Å². The van der Waals surface area contributed by atoms with Crippen LogP contribution < -0.4 is 15.5 Å². The summed E-state index contributed by atoms with van der Waals surface area (Å²) in [5.41, 5.74) is 2.82. The van der Waals surface area contributed by atoms with Crippen LogP contribution in [-0.4, -0.2) is 67.3 Å². The first-order chi connectivity index (χ1) is 16.6. The number of nitrogens with zero attached hydrogens (tertiary/aromatic N) is 8. The number of amides is 2. The summed E-state index contributed by atoms with van der Waals surface area (Å²) in [5, 5.41) is 17.3. The number of hydrogen-bond acceptors (Lipinski definition) is 9. The van der Waals surface area contributed by atoms with E-state index in [9.17, 15) is 4.79 Å². The van der Waals surface area contributed by atoms with Crippen LogP contribution in [0.25, 0.3) is 17.3 Å². The molecule has 12 nitrogen and oxygen atoms in total. The summed E-state index contributed by atoms with van der Waals surface area (Å²) < 4.78 is 7.10. The van der Waals surface area contributed by atoms with E-state index < -0.39 is 0 Å². The van der Waals surface area contributed by atoms with Crippen LogP contribution >= 0.6 is 0 Å². The lowest BCUT2D eigenvalue weighted by Crippen LogP contribution is -2.37. The third kappa shape index (κ3) is 4.96. The third-order valence-electron chi connectivity index (χ3n) is 5.08. The van der Waals surface area contributed by atoms with Crippen molar-refractivity contribution in [2.24, 2.45) is 0 Å². The number of aryl methyl sites for hydroxylation is 1. The first-order valence-corrected chi connectivity index (χ1v) is 10.7. The SMILES string of the molecule is Cc1ccn(-c2nc(-c3ccc(NC(=O)Nc4ccnnc4)cc3)nc(N3CCOCC3)n2)n1. The number of benzene rings is 1. The Kier molecular flexibility index (Phi) is 6.03. The molecule has 5 rings (SSSR count). The van der Waals surface area contributed by atoms with Gasteiger partial charge in [0.25, 0.3) is 5.95 Å². The lowest BCUT2D eigenvalue weighted by atomic mass is 10.2. The van der Waals surface area contributed by atoms with E-state index in [0.717, 1.165) is 11.3 Å². The van der Waals surface area contributed by atoms with Gasteiger partial charge in [-0.15, -0.1) is 0 Å². The molecule has 4 aromatic rings. The summed E-state index contributed by atoms with van der Waals surface area (Å²) in [6.07, 6.45) is 4.79. The van der Waals surface area contributed by atoms with Gasteiger partial charge in [0.15, 0.2) is 5.82 Å². The summed E-state index contributed by atoms with van der Waals surface area (Å²) in [6.45, 7) is 4.55. The lowest BCUT2D eigenvalue weighted by Gasteiger charge is -2.27. The molecule has 1 saturated heterocycles. The van der Waals surface area contributed by atoms with Gasteiger partial charge in [-0.2, -0.15) is 30.2 Å². The Balaban J connectivity index is 1.39. The molecule has 3 aromatic heterocycles. The van der Waals surface area contributed by atoms with Gasteiger partial charge in [0.05, 0.1) is 37.0 Å². The van der Waals surface area contributed by atoms with E-state index in [1.807, 2.05) is 31.3 Å². The quantitative estimate of drug-likeness (QED) is 0.462. The minimum atomic E-state index is -0.383. The molecular weight excluding hydrogens is 436 g/mol. The maximum Gasteiger partial charge on any atom is 0.323 e. The number of rotatable bonds is 5. The highest BCUT2D eigenvalue weighted by Gasteiger charge is 2.18. The van der Waals surface area contributed by atoms with Crippen molar-refractivity contribution in [1.82, 2.24) is 34.9 Å². The van der Waals surface area contributed by atoms with Crippen molar-refractivity contribution in [3.8, 4) is 17.3 Å². The molecule has 0 spiro atoms. The number of aromatic nitrogens is 7. The van der Waals surface area contributed by atoms with Crippen molar-refractivity contribution in [2.75, 3.05) is 41.8 Å². The smallest absolute Gasteiger partial charge is 0.323 e. The zero-order chi connectivity index (χ0) is 23.3. The van der Waals surface area contributed by atoms with Crippen molar-refractivity contribution in [3.05, 3.63) is 60.7 Å². The first kappa shape index (κ1) is 21.4. The van der Waals surface area contributed by atoms with Gasteiger partial charge in [0.1, 0.15) is 0 Å². The molecule has 2 amide bonds. The van der Waals surface area contributed by atoms with Crippen molar-refractivity contribution in [2.45, 2.75) is 6.92 Å². The molecule has 0 bridgehead atoms. The number of carbonyl (C=O) groups is 1. The predicted molar refractivity (Wildman–Crippen MR) is 125 cm³/mol. The highest BCUT2D eigenvalue weighted by molar-refractivity contribution is 5.99. The number of urea groups is 1. The van der Waals surface area contributed by atoms with Crippen LogP contribution in [-0.2, 0) is 4.74 Å². The maximum absolute atomic E-state index is 12.2. The summed E-state index contributed by atoms with van der Waals surface area (Å²) in [7, 11) is 0. The second-order valence-corrected chi connectivity index (χ2v) is 7.55. The molecule has 4 heterocycles. The zero-order valence-electron chi connectivity index (χ0n) is 18.4. The first-order valence-electron chi connectivity index (χ1n) is 10.7. The van der Waals surface area contributed by atoms with Crippen LogP contribution in [0.1, 0.15) is 5.69 Å². The fourth-order valence-electron chi connectivity index (χ4n) is 3.38. The zero-order valence-corrected chi connectivity index (χ0v) is 18.4. The van der Waals surface area contributed by atoms with Crippen molar-refractivity contribution < 1.29 is 9.53 Å². The predicted octanol–water partition coefficient (Wildman–Crippen LogP) is 2.30. The van der Waals surface area contributed by atoms with Crippen molar-refractivity contribution in [3.63, 3.8) is 0 Å². The summed E-state index contributed by atoms with van der Waals surface area (Å²) in [6, 6.07) is 10.4. The molecule has 34 heavy (non-hydrogen) atoms. The van der Waals surface area contributed by atoms with Crippen molar-refractivity contribution in [1.29, 1.82) is 0 Å². The number of anilines is 3. The van der Waals surface area contributed by atoms with E-state index in [0.29, 0.717) is 55.4 Å². The average molecular weight is 458 g/mol. The van der Waals surface area contributed by atoms with Gasteiger partial charge in [-0.1, -0.05) is 0 Å². The van der Waals surface area contributed by atoms with E-state index in [1.165, 1.54) is 12.4 Å². The standard InChI is InChI=1S/C22H22N10O2/c1-15-7-9-32(30-15)21-28-19(27-20(29-21)31-10-12-34-13-11-31)16-2-4-17(5-3-16)25-22(33)26-18-6-8-23-24-14-18/h2-9,14H,10-13H2,1H3,(H2,23,25,26,33). The lowest BCUT2D eigenvalue weighted by molar-refractivity contribution is 0.122. The van der Waals surface area contributed by atoms with Gasteiger partial charge in [0, 0.05) is 30.5 Å². The van der Waals surface area contributed by atoms with Crippen molar-refractivity contribution >= 4 is 23.4 Å². The fourth-order valence-corrected chi connectivity index (χ4v) is 3.38. The molecule has 0 atom stereocenters. The Morgan fingerprint density at radius 3 is 2.38 bits per heavy atom. The van der Waals surface area contributed by atoms with Crippen LogP contribution in [0, 0.1) is 6.92 Å². The maximum atomic E-state index is 12.2. The Hall–Kier alpha value is -4.45. The van der Waals surface area contributed by atoms with Gasteiger partial charge >= 0.3 is 6.03 Å². The fraction of sp³-hybridized carbons (Fsp3) is 0.227. The average Bonchev–Trinajstić information content (AvgIpc) is 3.32. The van der Waals surface area contributed by atoms with Crippen LogP contribution in [0.2, 0.25) is 0 Å². The molecule has 12 heteroatoms. The number of carbonyl (C=O) groups excluding carboxylic acids is 1. The number of nitrogens with one attached hydrogen (secondary N) is 2. The summed E-state index contributed by atoms with van der Waals surface area (Å²) in [5.74, 6) is 1.52.